The summed E-state index contributed by atoms with van der Waals surface area (Å²) in [6.45, 7) is 4.68. The first-order chi connectivity index (χ1) is 7.50. The second kappa shape index (κ2) is 3.10. The Kier molecular flexibility index (Phi) is 2.00. The van der Waals surface area contributed by atoms with Gasteiger partial charge < -0.3 is 9.84 Å². The summed E-state index contributed by atoms with van der Waals surface area (Å²) in [5.74, 6) is 0.115. The van der Waals surface area contributed by atoms with Crippen LogP contribution in [-0.4, -0.2) is 23.8 Å². The van der Waals surface area contributed by atoms with Crippen molar-refractivity contribution in [1.29, 1.82) is 0 Å². The van der Waals surface area contributed by atoms with Crippen molar-refractivity contribution >= 4 is 5.97 Å². The van der Waals surface area contributed by atoms with Gasteiger partial charge in [0.25, 0.3) is 0 Å². The topological polar surface area (TPSA) is 46.5 Å². The third-order valence-corrected chi connectivity index (χ3v) is 4.46. The number of ether oxygens (including phenoxy) is 1. The van der Waals surface area contributed by atoms with Gasteiger partial charge in [0.05, 0.1) is 18.6 Å². The molecule has 88 valence electrons. The molecule has 1 N–H and O–H groups in total. The highest BCUT2D eigenvalue weighted by molar-refractivity contribution is 5.76. The minimum atomic E-state index is -0.384. The Balaban J connectivity index is 1.98. The van der Waals surface area contributed by atoms with Gasteiger partial charge >= 0.3 is 5.97 Å². The Morgan fingerprint density at radius 1 is 1.38 bits per heavy atom. The molecule has 3 heteroatoms. The van der Waals surface area contributed by atoms with E-state index in [1.807, 2.05) is 0 Å². The number of cyclic esters (lactones) is 1. The molecule has 0 amide bonds. The first-order valence-corrected chi connectivity index (χ1v) is 6.07. The number of aliphatic hydroxyl groups is 1. The minimum absolute atomic E-state index is 0.0160. The van der Waals surface area contributed by atoms with Gasteiger partial charge in [-0.25, -0.2) is 0 Å². The number of rotatable bonds is 0. The lowest BCUT2D eigenvalue weighted by Crippen LogP contribution is -2.31. The predicted molar refractivity (Wildman–Crippen MR) is 58.6 cm³/mol. The van der Waals surface area contributed by atoms with Crippen LogP contribution in [0.15, 0.2) is 11.1 Å². The van der Waals surface area contributed by atoms with Crippen molar-refractivity contribution in [3.8, 4) is 0 Å². The Morgan fingerprint density at radius 3 is 2.88 bits per heavy atom. The van der Waals surface area contributed by atoms with Crippen LogP contribution >= 0.6 is 0 Å². The summed E-state index contributed by atoms with van der Waals surface area (Å²) in [6, 6.07) is 0. The van der Waals surface area contributed by atoms with Crippen LogP contribution in [0.1, 0.15) is 33.1 Å². The summed E-state index contributed by atoms with van der Waals surface area (Å²) in [7, 11) is 0. The van der Waals surface area contributed by atoms with Crippen LogP contribution in [0, 0.1) is 17.3 Å². The average molecular weight is 222 g/mol. The molecule has 0 aromatic carbocycles. The molecule has 0 aromatic heterocycles. The van der Waals surface area contributed by atoms with Gasteiger partial charge in [0.2, 0.25) is 0 Å². The van der Waals surface area contributed by atoms with Crippen molar-refractivity contribution in [2.24, 2.45) is 17.3 Å². The number of fused-ring (bicyclic) bond motifs is 2. The zero-order valence-electron chi connectivity index (χ0n) is 9.82. The molecule has 1 heterocycles. The standard InChI is InChI=1S/C13H18O3/c1-13(2)5-7-3-4-8-9(6-16-12(8)15)10(7)11(13)14/h8-9,11,14H,3-6H2,1-2H3/t8-,9-,11-/m1/s1. The molecule has 2 aliphatic carbocycles. The third-order valence-electron chi connectivity index (χ3n) is 4.46. The van der Waals surface area contributed by atoms with Gasteiger partial charge in [-0.3, -0.25) is 4.79 Å². The summed E-state index contributed by atoms with van der Waals surface area (Å²) >= 11 is 0. The van der Waals surface area contributed by atoms with Crippen molar-refractivity contribution in [3.63, 3.8) is 0 Å². The van der Waals surface area contributed by atoms with Gasteiger partial charge in [-0.2, -0.15) is 0 Å². The average Bonchev–Trinajstić information content (AvgIpc) is 2.68. The monoisotopic (exact) mass is 222 g/mol. The molecule has 3 nitrogen and oxygen atoms in total. The van der Waals surface area contributed by atoms with E-state index in [1.165, 1.54) is 5.57 Å². The highest BCUT2D eigenvalue weighted by Gasteiger charge is 2.50. The first-order valence-electron chi connectivity index (χ1n) is 6.07. The lowest BCUT2D eigenvalue weighted by atomic mass is 9.76. The SMILES string of the molecule is CC1(C)CC2=C([C@H]1O)[C@@H]1COC(=O)[C@@H]1CC2. The molecular weight excluding hydrogens is 204 g/mol. The Hall–Kier alpha value is -0.830. The molecule has 3 rings (SSSR count). The van der Waals surface area contributed by atoms with Crippen LogP contribution < -0.4 is 0 Å². The zero-order chi connectivity index (χ0) is 11.5. The molecule has 0 spiro atoms. The number of esters is 1. The molecule has 3 aliphatic rings. The van der Waals surface area contributed by atoms with Gasteiger partial charge in [0, 0.05) is 5.92 Å². The number of carbonyl (C=O) groups excluding carboxylic acids is 1. The van der Waals surface area contributed by atoms with Gasteiger partial charge in [-0.15, -0.1) is 0 Å². The van der Waals surface area contributed by atoms with E-state index in [0.29, 0.717) is 6.61 Å². The van der Waals surface area contributed by atoms with Gasteiger partial charge in [0.15, 0.2) is 0 Å². The van der Waals surface area contributed by atoms with E-state index in [9.17, 15) is 9.90 Å². The smallest absolute Gasteiger partial charge is 0.309 e. The molecule has 0 bridgehead atoms. The molecular formula is C13H18O3. The fourth-order valence-electron chi connectivity index (χ4n) is 3.58. The Labute approximate surface area is 95.5 Å². The summed E-state index contributed by atoms with van der Waals surface area (Å²) in [5, 5.41) is 10.4. The number of hydrogen-bond donors (Lipinski definition) is 1. The summed E-state index contributed by atoms with van der Waals surface area (Å²) < 4.78 is 5.14. The minimum Gasteiger partial charge on any atom is -0.465 e. The predicted octanol–water partition coefficient (Wildman–Crippen LogP) is 1.66. The molecule has 16 heavy (non-hydrogen) atoms. The van der Waals surface area contributed by atoms with Crippen molar-refractivity contribution in [1.82, 2.24) is 0 Å². The van der Waals surface area contributed by atoms with E-state index >= 15 is 0 Å². The van der Waals surface area contributed by atoms with Gasteiger partial charge in [-0.1, -0.05) is 19.4 Å². The second-order valence-corrected chi connectivity index (χ2v) is 6.01. The Bertz CT molecular complexity index is 381. The molecule has 1 aliphatic heterocycles. The largest absolute Gasteiger partial charge is 0.465 e. The molecule has 1 fully saturated rings. The number of allylic oxidation sites excluding steroid dienone is 1. The quantitative estimate of drug-likeness (QED) is 0.501. The van der Waals surface area contributed by atoms with E-state index < -0.39 is 0 Å². The van der Waals surface area contributed by atoms with E-state index in [4.69, 9.17) is 4.74 Å². The summed E-state index contributed by atoms with van der Waals surface area (Å²) in [4.78, 5) is 11.5. The number of aliphatic hydroxyl groups excluding tert-OH is 1. The van der Waals surface area contributed by atoms with E-state index in [-0.39, 0.29) is 29.3 Å². The van der Waals surface area contributed by atoms with Crippen molar-refractivity contribution in [3.05, 3.63) is 11.1 Å². The van der Waals surface area contributed by atoms with Crippen LogP contribution in [0.4, 0.5) is 0 Å². The molecule has 1 saturated heterocycles. The summed E-state index contributed by atoms with van der Waals surface area (Å²) in [5.41, 5.74) is 2.45. The lowest BCUT2D eigenvalue weighted by Gasteiger charge is -2.28. The molecule has 0 radical (unpaired) electrons. The third kappa shape index (κ3) is 1.21. The highest BCUT2D eigenvalue weighted by atomic mass is 16.5. The maximum atomic E-state index is 11.5. The molecule has 0 saturated carbocycles. The van der Waals surface area contributed by atoms with E-state index in [1.54, 1.807) is 0 Å². The van der Waals surface area contributed by atoms with Gasteiger partial charge in [0.1, 0.15) is 0 Å². The number of hydrogen-bond acceptors (Lipinski definition) is 3. The van der Waals surface area contributed by atoms with Crippen LogP contribution in [0.25, 0.3) is 0 Å². The highest BCUT2D eigenvalue weighted by Crippen LogP contribution is 2.52. The normalized spacial score (nSPS) is 40.7. The summed E-state index contributed by atoms with van der Waals surface area (Å²) in [6.07, 6.45) is 2.46. The fraction of sp³-hybridized carbons (Fsp3) is 0.769. The number of carbonyl (C=O) groups is 1. The fourth-order valence-corrected chi connectivity index (χ4v) is 3.58. The maximum Gasteiger partial charge on any atom is 0.309 e. The van der Waals surface area contributed by atoms with E-state index in [0.717, 1.165) is 24.8 Å². The molecule has 0 aromatic rings. The Morgan fingerprint density at radius 2 is 2.12 bits per heavy atom. The van der Waals surface area contributed by atoms with Crippen LogP contribution in [-0.2, 0) is 9.53 Å². The van der Waals surface area contributed by atoms with Gasteiger partial charge in [-0.05, 0) is 30.3 Å². The zero-order valence-corrected chi connectivity index (χ0v) is 9.82. The van der Waals surface area contributed by atoms with Crippen LogP contribution in [0.3, 0.4) is 0 Å². The molecule has 0 unspecified atom stereocenters. The van der Waals surface area contributed by atoms with Crippen molar-refractivity contribution < 1.29 is 14.6 Å². The maximum absolute atomic E-state index is 11.5. The second-order valence-electron chi connectivity index (χ2n) is 6.01. The van der Waals surface area contributed by atoms with Crippen LogP contribution in [0.2, 0.25) is 0 Å². The van der Waals surface area contributed by atoms with Crippen LogP contribution in [0.5, 0.6) is 0 Å². The molecule has 3 atom stereocenters. The lowest BCUT2D eigenvalue weighted by molar-refractivity contribution is -0.141. The van der Waals surface area contributed by atoms with Crippen molar-refractivity contribution in [2.45, 2.75) is 39.2 Å². The van der Waals surface area contributed by atoms with Crippen molar-refractivity contribution in [2.75, 3.05) is 6.61 Å². The first kappa shape index (κ1) is 10.3. The van der Waals surface area contributed by atoms with E-state index in [2.05, 4.69) is 13.8 Å².